The highest BCUT2D eigenvalue weighted by Crippen LogP contribution is 2.44. The third-order valence-electron chi connectivity index (χ3n) is 7.05. The van der Waals surface area contributed by atoms with Crippen LogP contribution in [0.1, 0.15) is 23.6 Å². The lowest BCUT2D eigenvalue weighted by atomic mass is 9.88. The second kappa shape index (κ2) is 14.0. The van der Waals surface area contributed by atoms with Crippen LogP contribution in [-0.4, -0.2) is 42.0 Å². The summed E-state index contributed by atoms with van der Waals surface area (Å²) >= 11 is 0. The van der Waals surface area contributed by atoms with Crippen LogP contribution >= 0.6 is 0 Å². The topological polar surface area (TPSA) is 102 Å². The number of rotatable bonds is 11. The first-order valence-corrected chi connectivity index (χ1v) is 14.2. The van der Waals surface area contributed by atoms with Crippen molar-refractivity contribution in [3.63, 3.8) is 0 Å². The van der Waals surface area contributed by atoms with Crippen molar-refractivity contribution >= 4 is 11.9 Å². The van der Waals surface area contributed by atoms with Crippen LogP contribution in [0.15, 0.2) is 97.1 Å². The Kier molecular flexibility index (Phi) is 10.2. The van der Waals surface area contributed by atoms with Crippen molar-refractivity contribution in [3.8, 4) is 50.6 Å². The van der Waals surface area contributed by atoms with Gasteiger partial charge in [-0.3, -0.25) is 0 Å². The lowest BCUT2D eigenvalue weighted by Crippen LogP contribution is -2.12. The number of aryl methyl sites for hydroxylation is 3. The average Bonchev–Trinajstić information content (AvgIpc) is 3.01. The Morgan fingerprint density at radius 3 is 1.43 bits per heavy atom. The van der Waals surface area contributed by atoms with Gasteiger partial charge < -0.3 is 24.4 Å². The highest BCUT2D eigenvalue weighted by molar-refractivity contribution is 5.92. The van der Waals surface area contributed by atoms with E-state index in [0.29, 0.717) is 23.9 Å². The number of aliphatic hydroxyl groups is 2. The first-order chi connectivity index (χ1) is 21.1. The summed E-state index contributed by atoms with van der Waals surface area (Å²) in [6.07, 6.45) is 0. The zero-order valence-electron chi connectivity index (χ0n) is 25.4. The Bertz CT molecular complexity index is 1600. The normalized spacial score (nSPS) is 10.7. The maximum absolute atomic E-state index is 12.1. The second-order valence-electron chi connectivity index (χ2n) is 10.5. The molecule has 0 bridgehead atoms. The molecule has 4 rings (SSSR count). The van der Waals surface area contributed by atoms with Crippen LogP contribution in [0.25, 0.3) is 33.4 Å². The number of hydrogen-bond donors (Lipinski definition) is 2. The molecular formula is C37H36O7. The molecule has 0 atom stereocenters. The van der Waals surface area contributed by atoms with Crippen LogP contribution in [-0.2, 0) is 9.59 Å². The molecule has 0 aromatic heterocycles. The van der Waals surface area contributed by atoms with Crippen molar-refractivity contribution in [2.24, 2.45) is 0 Å². The molecule has 0 aliphatic heterocycles. The van der Waals surface area contributed by atoms with Gasteiger partial charge in [-0.15, -0.1) is 0 Å². The molecule has 0 spiro atoms. The maximum Gasteiger partial charge on any atom is 0.341 e. The quantitative estimate of drug-likeness (QED) is 0.111. The van der Waals surface area contributed by atoms with Gasteiger partial charge in [0.05, 0.1) is 31.0 Å². The molecular weight excluding hydrogens is 556 g/mol. The van der Waals surface area contributed by atoms with Gasteiger partial charge in [0, 0.05) is 11.1 Å². The number of aliphatic hydroxyl groups excluding tert-OH is 2. The highest BCUT2D eigenvalue weighted by Gasteiger charge is 2.19. The van der Waals surface area contributed by atoms with E-state index in [1.807, 2.05) is 31.2 Å². The van der Waals surface area contributed by atoms with Gasteiger partial charge in [0.25, 0.3) is 0 Å². The van der Waals surface area contributed by atoms with Crippen molar-refractivity contribution in [2.75, 3.05) is 19.8 Å². The number of hydrogen-bond acceptors (Lipinski definition) is 7. The monoisotopic (exact) mass is 592 g/mol. The first kappa shape index (κ1) is 31.9. The fraction of sp³-hybridized carbons (Fsp3) is 0.189. The Balaban J connectivity index is 1.87. The molecule has 0 aliphatic rings. The van der Waals surface area contributed by atoms with Crippen LogP contribution < -0.4 is 14.2 Å². The van der Waals surface area contributed by atoms with Crippen LogP contribution in [0, 0.1) is 20.8 Å². The van der Waals surface area contributed by atoms with Crippen LogP contribution in [0.2, 0.25) is 0 Å². The minimum absolute atomic E-state index is 0.0343. The number of ether oxygens (including phenoxy) is 3. The molecule has 0 saturated carbocycles. The summed E-state index contributed by atoms with van der Waals surface area (Å²) in [4.78, 5) is 24.2. The standard InChI is InChI=1S/C37H36O7/c1-7-42-35-32(27-8-12-30(13-9-27)43-36(40)25(5)20-38)18-29(34-23(3)16-22(2)17-24(34)4)19-33(35)28-10-14-31(15-11-28)44-37(41)26(6)21-39/h8-19,38-39H,5-7,20-21H2,1-4H3. The number of carbonyl (C=O) groups is 2. The molecule has 7 heteroatoms. The van der Waals surface area contributed by atoms with Gasteiger partial charge in [0.1, 0.15) is 17.2 Å². The lowest BCUT2D eigenvalue weighted by molar-refractivity contribution is -0.131. The van der Waals surface area contributed by atoms with Gasteiger partial charge in [-0.2, -0.15) is 0 Å². The molecule has 0 fully saturated rings. The zero-order chi connectivity index (χ0) is 32.0. The van der Waals surface area contributed by atoms with Crippen molar-refractivity contribution in [2.45, 2.75) is 27.7 Å². The minimum Gasteiger partial charge on any atom is -0.493 e. The van der Waals surface area contributed by atoms with Crippen LogP contribution in [0.5, 0.6) is 17.2 Å². The molecule has 2 N–H and O–H groups in total. The fourth-order valence-corrected chi connectivity index (χ4v) is 5.03. The number of benzene rings is 4. The predicted octanol–water partition coefficient (Wildman–Crippen LogP) is 6.92. The van der Waals surface area contributed by atoms with Gasteiger partial charge in [0.15, 0.2) is 0 Å². The Morgan fingerprint density at radius 2 is 1.07 bits per heavy atom. The smallest absolute Gasteiger partial charge is 0.341 e. The predicted molar refractivity (Wildman–Crippen MR) is 172 cm³/mol. The molecule has 0 unspecified atom stereocenters. The fourth-order valence-electron chi connectivity index (χ4n) is 5.03. The van der Waals surface area contributed by atoms with E-state index in [1.54, 1.807) is 24.3 Å². The molecule has 4 aromatic rings. The molecule has 0 amide bonds. The van der Waals surface area contributed by atoms with Gasteiger partial charge in [-0.25, -0.2) is 9.59 Å². The van der Waals surface area contributed by atoms with E-state index < -0.39 is 25.2 Å². The summed E-state index contributed by atoms with van der Waals surface area (Å²) in [7, 11) is 0. The van der Waals surface area contributed by atoms with E-state index in [4.69, 9.17) is 14.2 Å². The van der Waals surface area contributed by atoms with Gasteiger partial charge in [0.2, 0.25) is 0 Å². The van der Waals surface area contributed by atoms with Crippen molar-refractivity contribution in [3.05, 3.63) is 114 Å². The molecule has 226 valence electrons. The first-order valence-electron chi connectivity index (χ1n) is 14.2. The number of esters is 2. The molecule has 0 radical (unpaired) electrons. The highest BCUT2D eigenvalue weighted by atomic mass is 16.5. The summed E-state index contributed by atoms with van der Waals surface area (Å²) in [5.74, 6) is -0.0846. The third kappa shape index (κ3) is 7.14. The van der Waals surface area contributed by atoms with Crippen molar-refractivity contribution in [1.82, 2.24) is 0 Å². The Morgan fingerprint density at radius 1 is 0.659 bits per heavy atom. The van der Waals surface area contributed by atoms with E-state index in [0.717, 1.165) is 44.5 Å². The van der Waals surface area contributed by atoms with Crippen LogP contribution in [0.4, 0.5) is 0 Å². The molecule has 0 saturated heterocycles. The molecule has 0 heterocycles. The summed E-state index contributed by atoms with van der Waals surface area (Å²) in [5, 5.41) is 18.4. The van der Waals surface area contributed by atoms with Gasteiger partial charge >= 0.3 is 11.9 Å². The molecule has 44 heavy (non-hydrogen) atoms. The van der Waals surface area contributed by atoms with Gasteiger partial charge in [-0.1, -0.05) is 55.1 Å². The molecule has 7 nitrogen and oxygen atoms in total. The summed E-state index contributed by atoms with van der Waals surface area (Å²) in [5.41, 5.74) is 8.86. The van der Waals surface area contributed by atoms with Crippen molar-refractivity contribution in [1.29, 1.82) is 0 Å². The minimum atomic E-state index is -0.695. The Labute approximate surface area is 257 Å². The number of carbonyl (C=O) groups excluding carboxylic acids is 2. The van der Waals surface area contributed by atoms with E-state index >= 15 is 0 Å². The maximum atomic E-state index is 12.1. The third-order valence-corrected chi connectivity index (χ3v) is 7.05. The van der Waals surface area contributed by atoms with Gasteiger partial charge in [-0.05, 0) is 97.5 Å². The van der Waals surface area contributed by atoms with E-state index in [2.05, 4.69) is 58.2 Å². The second-order valence-corrected chi connectivity index (χ2v) is 10.5. The average molecular weight is 593 g/mol. The molecule has 4 aromatic carbocycles. The largest absolute Gasteiger partial charge is 0.493 e. The SMILES string of the molecule is C=C(CO)C(=O)Oc1ccc(-c2cc(-c3c(C)cc(C)cc3C)cc(-c3ccc(OC(=O)C(=C)CO)cc3)c2OCC)cc1. The molecule has 0 aliphatic carbocycles. The zero-order valence-corrected chi connectivity index (χ0v) is 25.4. The Hall–Kier alpha value is -4.98. The van der Waals surface area contributed by atoms with Crippen LogP contribution in [0.3, 0.4) is 0 Å². The summed E-state index contributed by atoms with van der Waals surface area (Å²) < 4.78 is 17.0. The van der Waals surface area contributed by atoms with E-state index in [9.17, 15) is 19.8 Å². The lowest BCUT2D eigenvalue weighted by Gasteiger charge is -2.20. The summed E-state index contributed by atoms with van der Waals surface area (Å²) in [6, 6.07) is 22.7. The summed E-state index contributed by atoms with van der Waals surface area (Å²) in [6.45, 7) is 14.7. The van der Waals surface area contributed by atoms with E-state index in [1.165, 1.54) is 5.56 Å². The van der Waals surface area contributed by atoms with E-state index in [-0.39, 0.29) is 11.1 Å². The van der Waals surface area contributed by atoms with Crippen molar-refractivity contribution < 1.29 is 34.0 Å².